The normalized spacial score (nSPS) is 14.7. The van der Waals surface area contributed by atoms with Crippen LogP contribution in [0.5, 0.6) is 5.75 Å². The Morgan fingerprint density at radius 3 is 2.29 bits per heavy atom. The van der Waals surface area contributed by atoms with Crippen LogP contribution in [-0.4, -0.2) is 16.6 Å². The van der Waals surface area contributed by atoms with E-state index in [1.54, 1.807) is 19.9 Å². The van der Waals surface area contributed by atoms with Crippen LogP contribution in [-0.2, 0) is 11.4 Å². The summed E-state index contributed by atoms with van der Waals surface area (Å²) >= 11 is 0. The molecule has 1 N–H and O–H groups in total. The number of hydrogen-bond donors (Lipinski definition) is 1. The lowest BCUT2D eigenvalue weighted by molar-refractivity contribution is -0.111. The Hall–Kier alpha value is -2.95. The van der Waals surface area contributed by atoms with Crippen molar-refractivity contribution in [3.63, 3.8) is 0 Å². The van der Waals surface area contributed by atoms with Gasteiger partial charge in [0.1, 0.15) is 12.4 Å². The molecule has 2 aromatic carbocycles. The number of ether oxygens (including phenoxy) is 1. The number of nitrogens with zero attached hydrogens (tertiary/aromatic N) is 1. The third-order valence-corrected chi connectivity index (χ3v) is 5.43. The van der Waals surface area contributed by atoms with Crippen molar-refractivity contribution in [2.75, 3.05) is 0 Å². The van der Waals surface area contributed by atoms with Crippen LogP contribution < -0.4 is 4.74 Å². The van der Waals surface area contributed by atoms with Gasteiger partial charge in [-0.3, -0.25) is 9.79 Å². The Morgan fingerprint density at radius 1 is 1.13 bits per heavy atom. The van der Waals surface area contributed by atoms with E-state index in [0.717, 1.165) is 11.5 Å². The van der Waals surface area contributed by atoms with Crippen LogP contribution in [0.1, 0.15) is 64.5 Å². The van der Waals surface area contributed by atoms with E-state index in [4.69, 9.17) is 4.74 Å². The van der Waals surface area contributed by atoms with Crippen molar-refractivity contribution < 1.29 is 19.0 Å². The largest absolute Gasteiger partial charge is 0.505 e. The van der Waals surface area contributed by atoms with Crippen molar-refractivity contribution in [1.82, 2.24) is 0 Å². The molecule has 1 aliphatic carbocycles. The zero-order valence-electron chi connectivity index (χ0n) is 18.8. The van der Waals surface area contributed by atoms with Gasteiger partial charge in [0.05, 0.1) is 11.4 Å². The van der Waals surface area contributed by atoms with Crippen LogP contribution in [0, 0.1) is 11.7 Å². The van der Waals surface area contributed by atoms with Gasteiger partial charge in [-0.25, -0.2) is 4.39 Å². The first-order chi connectivity index (χ1) is 14.8. The van der Waals surface area contributed by atoms with Gasteiger partial charge in [0.2, 0.25) is 0 Å². The summed E-state index contributed by atoms with van der Waals surface area (Å²) in [6.07, 6.45) is 5.94. The molecule has 0 spiro atoms. The zero-order valence-corrected chi connectivity index (χ0v) is 18.8. The van der Waals surface area contributed by atoms with Crippen LogP contribution in [0.3, 0.4) is 0 Å². The molecule has 0 unspecified atom stereocenters. The van der Waals surface area contributed by atoms with E-state index < -0.39 is 5.82 Å². The zero-order chi connectivity index (χ0) is 22.8. The molecule has 1 aliphatic rings. The van der Waals surface area contributed by atoms with Crippen molar-refractivity contribution in [2.24, 2.45) is 10.9 Å². The predicted octanol–water partition coefficient (Wildman–Crippen LogP) is 6.90. The maximum absolute atomic E-state index is 14.2. The molecule has 1 fully saturated rings. The molecular formula is C26H32FNO3. The molecule has 0 aromatic heterocycles. The first-order valence-corrected chi connectivity index (χ1v) is 10.7. The lowest BCUT2D eigenvalue weighted by atomic mass is 9.84. The van der Waals surface area contributed by atoms with Gasteiger partial charge in [-0.2, -0.15) is 0 Å². The minimum Gasteiger partial charge on any atom is -0.505 e. The van der Waals surface area contributed by atoms with Gasteiger partial charge in [-0.15, -0.1) is 0 Å². The Morgan fingerprint density at radius 2 is 1.81 bits per heavy atom. The van der Waals surface area contributed by atoms with Gasteiger partial charge in [-0.1, -0.05) is 62.9 Å². The molecule has 0 bridgehead atoms. The summed E-state index contributed by atoms with van der Waals surface area (Å²) in [4.78, 5) is 15.2. The number of carbonyl (C=O) groups is 1. The van der Waals surface area contributed by atoms with Gasteiger partial charge < -0.3 is 9.84 Å². The van der Waals surface area contributed by atoms with Crippen LogP contribution in [0.25, 0.3) is 5.76 Å². The highest BCUT2D eigenvalue weighted by Crippen LogP contribution is 2.28. The average Bonchev–Trinajstić information content (AvgIpc) is 2.72. The summed E-state index contributed by atoms with van der Waals surface area (Å²) in [5.41, 5.74) is 1.71. The molecule has 0 saturated heterocycles. The highest BCUT2D eigenvalue weighted by Gasteiger charge is 2.13. The maximum atomic E-state index is 14.2. The number of allylic oxidation sites excluding steroid dienone is 1. The molecule has 2 aromatic rings. The Bertz CT molecular complexity index is 928. The lowest BCUT2D eigenvalue weighted by Gasteiger charge is -2.22. The van der Waals surface area contributed by atoms with E-state index in [2.05, 4.69) is 11.9 Å². The van der Waals surface area contributed by atoms with Gasteiger partial charge in [-0.05, 0) is 43.5 Å². The fourth-order valence-corrected chi connectivity index (χ4v) is 2.99. The van der Waals surface area contributed by atoms with Gasteiger partial charge in [0.15, 0.2) is 17.3 Å². The average molecular weight is 426 g/mol. The van der Waals surface area contributed by atoms with Gasteiger partial charge in [0, 0.05) is 12.5 Å². The Kier molecular flexibility index (Phi) is 9.44. The number of benzene rings is 2. The fraction of sp³-hybridized carbons (Fsp3) is 0.385. The summed E-state index contributed by atoms with van der Waals surface area (Å²) in [7, 11) is 0. The number of halogens is 1. The van der Waals surface area contributed by atoms with E-state index in [1.807, 2.05) is 30.3 Å². The minimum absolute atomic E-state index is 0.0986. The standard InChI is InChI=1S/C20H20FNO3.C6H12/c1-13(15(3)23)22-14(2)20(24)17-9-10-19(18(21)11-17)25-12-16-7-5-4-6-8-16;1-2-6-4-3-5-6/h4-11,24H,12H2,1-3H3;6H,2-5H2,1H3/b20-14-,22-13?;. The number of aliphatic hydroxyl groups is 1. The van der Waals surface area contributed by atoms with E-state index in [1.165, 1.54) is 44.7 Å². The highest BCUT2D eigenvalue weighted by atomic mass is 19.1. The number of aliphatic imine (C=N–C) groups is 1. The van der Waals surface area contributed by atoms with Crippen LogP contribution in [0.15, 0.2) is 59.2 Å². The lowest BCUT2D eigenvalue weighted by Crippen LogP contribution is -2.08. The van der Waals surface area contributed by atoms with Crippen molar-refractivity contribution in [2.45, 2.75) is 60.0 Å². The number of rotatable bonds is 7. The third-order valence-electron chi connectivity index (χ3n) is 5.43. The van der Waals surface area contributed by atoms with Crippen molar-refractivity contribution in [1.29, 1.82) is 0 Å². The predicted molar refractivity (Wildman–Crippen MR) is 124 cm³/mol. The second-order valence-corrected chi connectivity index (χ2v) is 7.81. The minimum atomic E-state index is -0.583. The van der Waals surface area contributed by atoms with Gasteiger partial charge >= 0.3 is 0 Å². The fourth-order valence-electron chi connectivity index (χ4n) is 2.99. The van der Waals surface area contributed by atoms with Crippen LogP contribution >= 0.6 is 0 Å². The molecule has 0 atom stereocenters. The highest BCUT2D eigenvalue weighted by molar-refractivity contribution is 6.38. The maximum Gasteiger partial charge on any atom is 0.173 e. The quantitative estimate of drug-likeness (QED) is 0.388. The molecule has 0 amide bonds. The number of aliphatic hydroxyl groups excluding tert-OH is 1. The second kappa shape index (κ2) is 12.0. The summed E-state index contributed by atoms with van der Waals surface area (Å²) in [5.74, 6) is 0.253. The van der Waals surface area contributed by atoms with Crippen LogP contribution in [0.2, 0.25) is 0 Å². The molecule has 3 rings (SSSR count). The summed E-state index contributed by atoms with van der Waals surface area (Å²) < 4.78 is 19.7. The first-order valence-electron chi connectivity index (χ1n) is 10.7. The Labute approximate surface area is 184 Å². The number of Topliss-reactive ketones (excluding diaryl/α,β-unsaturated/α-hetero) is 1. The molecular weight excluding hydrogens is 393 g/mol. The van der Waals surface area contributed by atoms with Crippen molar-refractivity contribution in [3.05, 3.63) is 71.2 Å². The molecule has 166 valence electrons. The summed E-state index contributed by atoms with van der Waals surface area (Å²) in [6.45, 7) is 7.03. The molecule has 31 heavy (non-hydrogen) atoms. The molecule has 0 aliphatic heterocycles. The number of carbonyl (C=O) groups excluding carboxylic acids is 1. The second-order valence-electron chi connectivity index (χ2n) is 7.81. The van der Waals surface area contributed by atoms with E-state index in [9.17, 15) is 14.3 Å². The number of ketones is 1. The van der Waals surface area contributed by atoms with E-state index in [-0.39, 0.29) is 40.9 Å². The topological polar surface area (TPSA) is 58.9 Å². The third kappa shape index (κ3) is 7.67. The van der Waals surface area contributed by atoms with E-state index >= 15 is 0 Å². The monoisotopic (exact) mass is 425 g/mol. The summed E-state index contributed by atoms with van der Waals surface area (Å²) in [5, 5.41) is 10.2. The smallest absolute Gasteiger partial charge is 0.173 e. The first kappa shape index (κ1) is 24.3. The Balaban J connectivity index is 0.000000488. The molecule has 5 heteroatoms. The molecule has 0 heterocycles. The number of hydrogen-bond acceptors (Lipinski definition) is 4. The van der Waals surface area contributed by atoms with Crippen molar-refractivity contribution in [3.8, 4) is 5.75 Å². The molecule has 4 nitrogen and oxygen atoms in total. The van der Waals surface area contributed by atoms with Crippen LogP contribution in [0.4, 0.5) is 4.39 Å². The van der Waals surface area contributed by atoms with E-state index in [0.29, 0.717) is 0 Å². The SMILES string of the molecule is CC(=O)C(C)=N/C(C)=C(\O)c1ccc(OCc2ccccc2)c(F)c1.CCC1CCC1. The molecule has 0 radical (unpaired) electrons. The van der Waals surface area contributed by atoms with Crippen molar-refractivity contribution >= 4 is 17.3 Å². The molecule has 1 saturated carbocycles. The van der Waals surface area contributed by atoms with Gasteiger partial charge in [0.25, 0.3) is 0 Å². The summed E-state index contributed by atoms with van der Waals surface area (Å²) in [6, 6.07) is 13.6.